The minimum absolute atomic E-state index is 0.0457. The lowest BCUT2D eigenvalue weighted by Crippen LogP contribution is -2.56. The highest BCUT2D eigenvalue weighted by molar-refractivity contribution is 5.12. The van der Waals surface area contributed by atoms with Crippen molar-refractivity contribution in [1.29, 1.82) is 0 Å². The molecule has 0 spiro atoms. The van der Waals surface area contributed by atoms with E-state index in [0.717, 1.165) is 42.9 Å². The Labute approximate surface area is 135 Å². The van der Waals surface area contributed by atoms with Gasteiger partial charge in [0.25, 0.3) is 0 Å². The van der Waals surface area contributed by atoms with Gasteiger partial charge in [0.2, 0.25) is 0 Å². The molecule has 126 valence electrons. The molecule has 0 aliphatic heterocycles. The van der Waals surface area contributed by atoms with E-state index in [1.54, 1.807) is 0 Å². The SMILES string of the molecule is C[C@]12CC[C@H](O)C[C@@H]1CC[C@H]1[C@H]3CC[C@](C)(O)[C@]3(C)CC[C@@H]12. The van der Waals surface area contributed by atoms with E-state index in [9.17, 15) is 10.2 Å². The molecule has 4 aliphatic rings. The van der Waals surface area contributed by atoms with Crippen LogP contribution in [0.5, 0.6) is 0 Å². The van der Waals surface area contributed by atoms with E-state index in [0.29, 0.717) is 5.41 Å². The normalized spacial score (nSPS) is 61.2. The molecule has 22 heavy (non-hydrogen) atoms. The smallest absolute Gasteiger partial charge is 0.0675 e. The van der Waals surface area contributed by atoms with Crippen molar-refractivity contribution in [3.63, 3.8) is 0 Å². The highest BCUT2D eigenvalue weighted by Gasteiger charge is 2.63. The van der Waals surface area contributed by atoms with Crippen molar-refractivity contribution in [3.05, 3.63) is 0 Å². The summed E-state index contributed by atoms with van der Waals surface area (Å²) in [5.41, 5.74) is 0.145. The number of rotatable bonds is 0. The van der Waals surface area contributed by atoms with Crippen LogP contribution >= 0.6 is 0 Å². The molecule has 2 N–H and O–H groups in total. The van der Waals surface area contributed by atoms with Gasteiger partial charge in [0.05, 0.1) is 11.7 Å². The molecule has 0 heterocycles. The molecule has 0 saturated heterocycles. The van der Waals surface area contributed by atoms with Crippen LogP contribution in [0, 0.1) is 34.5 Å². The first-order valence-electron chi connectivity index (χ1n) is 9.68. The second kappa shape index (κ2) is 4.72. The van der Waals surface area contributed by atoms with E-state index in [1.807, 2.05) is 0 Å². The standard InChI is InChI=1S/C20H34O2/c1-18-9-6-14(21)12-13(18)4-5-15-16(18)7-10-19(2)17(15)8-11-20(19,3)22/h13-17,21-22H,4-12H2,1-3H3/t13-,14-,15+,16-,17+,18-,19+,20-/m0/s1. The van der Waals surface area contributed by atoms with Crippen molar-refractivity contribution in [2.75, 3.05) is 0 Å². The number of aliphatic hydroxyl groups is 2. The van der Waals surface area contributed by atoms with Gasteiger partial charge in [0.15, 0.2) is 0 Å². The minimum atomic E-state index is -0.455. The summed E-state index contributed by atoms with van der Waals surface area (Å²) in [6.45, 7) is 7.01. The molecular weight excluding hydrogens is 272 g/mol. The summed E-state index contributed by atoms with van der Waals surface area (Å²) >= 11 is 0. The van der Waals surface area contributed by atoms with Crippen molar-refractivity contribution < 1.29 is 10.2 Å². The van der Waals surface area contributed by atoms with Crippen LogP contribution in [-0.2, 0) is 0 Å². The zero-order valence-electron chi connectivity index (χ0n) is 14.6. The second-order valence-electron chi connectivity index (χ2n) is 9.85. The molecule has 0 unspecified atom stereocenters. The van der Waals surface area contributed by atoms with Crippen molar-refractivity contribution in [1.82, 2.24) is 0 Å². The van der Waals surface area contributed by atoms with Gasteiger partial charge in [-0.3, -0.25) is 0 Å². The van der Waals surface area contributed by atoms with E-state index in [-0.39, 0.29) is 11.5 Å². The van der Waals surface area contributed by atoms with Crippen LogP contribution in [0.3, 0.4) is 0 Å². The fourth-order valence-electron chi connectivity index (χ4n) is 7.48. The maximum Gasteiger partial charge on any atom is 0.0675 e. The molecule has 8 atom stereocenters. The third-order valence-corrected chi connectivity index (χ3v) is 9.20. The second-order valence-corrected chi connectivity index (χ2v) is 9.85. The highest BCUT2D eigenvalue weighted by atomic mass is 16.3. The van der Waals surface area contributed by atoms with Gasteiger partial charge in [-0.2, -0.15) is 0 Å². The quantitative estimate of drug-likeness (QED) is 0.706. The molecule has 0 aromatic carbocycles. The fourth-order valence-corrected chi connectivity index (χ4v) is 7.48. The van der Waals surface area contributed by atoms with E-state index in [2.05, 4.69) is 20.8 Å². The predicted molar refractivity (Wildman–Crippen MR) is 88.4 cm³/mol. The van der Waals surface area contributed by atoms with Gasteiger partial charge in [0.1, 0.15) is 0 Å². The van der Waals surface area contributed by atoms with E-state index < -0.39 is 5.60 Å². The van der Waals surface area contributed by atoms with Crippen LogP contribution in [0.4, 0.5) is 0 Å². The summed E-state index contributed by atoms with van der Waals surface area (Å²) < 4.78 is 0. The van der Waals surface area contributed by atoms with Crippen LogP contribution in [-0.4, -0.2) is 21.9 Å². The Hall–Kier alpha value is -0.0800. The Kier molecular flexibility index (Phi) is 3.32. The molecule has 4 saturated carbocycles. The molecule has 4 aliphatic carbocycles. The molecule has 2 nitrogen and oxygen atoms in total. The number of fused-ring (bicyclic) bond motifs is 5. The van der Waals surface area contributed by atoms with Crippen molar-refractivity contribution in [3.8, 4) is 0 Å². The summed E-state index contributed by atoms with van der Waals surface area (Å²) in [6.07, 6.45) is 10.6. The Bertz CT molecular complexity index is 459. The number of hydrogen-bond acceptors (Lipinski definition) is 2. The molecule has 0 radical (unpaired) electrons. The van der Waals surface area contributed by atoms with Gasteiger partial charge in [-0.1, -0.05) is 13.8 Å². The largest absolute Gasteiger partial charge is 0.393 e. The summed E-state index contributed by atoms with van der Waals surface area (Å²) in [7, 11) is 0. The van der Waals surface area contributed by atoms with Crippen LogP contribution in [0.15, 0.2) is 0 Å². The van der Waals surface area contributed by atoms with Crippen molar-refractivity contribution in [2.45, 2.75) is 90.3 Å². The van der Waals surface area contributed by atoms with E-state index in [4.69, 9.17) is 0 Å². The number of aliphatic hydroxyl groups excluding tert-OH is 1. The lowest BCUT2D eigenvalue weighted by molar-refractivity contribution is -0.153. The molecule has 2 heteroatoms. The Morgan fingerprint density at radius 2 is 1.55 bits per heavy atom. The lowest BCUT2D eigenvalue weighted by Gasteiger charge is -2.61. The maximum absolute atomic E-state index is 10.9. The van der Waals surface area contributed by atoms with Gasteiger partial charge in [-0.25, -0.2) is 0 Å². The highest BCUT2D eigenvalue weighted by Crippen LogP contribution is 2.68. The Balaban J connectivity index is 1.64. The number of hydrogen-bond donors (Lipinski definition) is 2. The van der Waals surface area contributed by atoms with Crippen LogP contribution in [0.1, 0.15) is 78.6 Å². The first kappa shape index (κ1) is 15.4. The maximum atomic E-state index is 10.9. The first-order chi connectivity index (χ1) is 10.3. The van der Waals surface area contributed by atoms with E-state index in [1.165, 1.54) is 38.5 Å². The Morgan fingerprint density at radius 1 is 0.818 bits per heavy atom. The van der Waals surface area contributed by atoms with Gasteiger partial charge in [-0.05, 0) is 99.2 Å². The molecule has 0 amide bonds. The van der Waals surface area contributed by atoms with Crippen LogP contribution in [0.25, 0.3) is 0 Å². The monoisotopic (exact) mass is 306 g/mol. The molecule has 0 bridgehead atoms. The average Bonchev–Trinajstić information content (AvgIpc) is 2.70. The van der Waals surface area contributed by atoms with Crippen LogP contribution in [0.2, 0.25) is 0 Å². The van der Waals surface area contributed by atoms with Gasteiger partial charge in [-0.15, -0.1) is 0 Å². The molecular formula is C20H34O2. The van der Waals surface area contributed by atoms with E-state index >= 15 is 0 Å². The third kappa shape index (κ3) is 1.86. The van der Waals surface area contributed by atoms with Crippen LogP contribution < -0.4 is 0 Å². The minimum Gasteiger partial charge on any atom is -0.393 e. The summed E-state index contributed by atoms with van der Waals surface area (Å²) in [5.74, 6) is 3.13. The topological polar surface area (TPSA) is 40.5 Å². The first-order valence-corrected chi connectivity index (χ1v) is 9.68. The van der Waals surface area contributed by atoms with Gasteiger partial charge < -0.3 is 10.2 Å². The summed E-state index contributed by atoms with van der Waals surface area (Å²) in [5, 5.41) is 21.0. The summed E-state index contributed by atoms with van der Waals surface area (Å²) in [6, 6.07) is 0. The molecule has 0 aromatic rings. The molecule has 0 aromatic heterocycles. The zero-order valence-corrected chi connectivity index (χ0v) is 14.6. The molecule has 4 fully saturated rings. The average molecular weight is 306 g/mol. The lowest BCUT2D eigenvalue weighted by atomic mass is 9.44. The van der Waals surface area contributed by atoms with Crippen molar-refractivity contribution in [2.24, 2.45) is 34.5 Å². The molecule has 4 rings (SSSR count). The van der Waals surface area contributed by atoms with Gasteiger partial charge in [0, 0.05) is 0 Å². The van der Waals surface area contributed by atoms with Crippen molar-refractivity contribution >= 4 is 0 Å². The zero-order chi connectivity index (χ0) is 15.8. The third-order valence-electron chi connectivity index (χ3n) is 9.20. The summed E-state index contributed by atoms with van der Waals surface area (Å²) in [4.78, 5) is 0. The predicted octanol–water partition coefficient (Wildman–Crippen LogP) is 4.14. The van der Waals surface area contributed by atoms with Gasteiger partial charge >= 0.3 is 0 Å². The Morgan fingerprint density at radius 3 is 2.32 bits per heavy atom. The fraction of sp³-hybridized carbons (Fsp3) is 1.00.